The van der Waals surface area contributed by atoms with Crippen molar-refractivity contribution in [2.75, 3.05) is 36.4 Å². The Balaban J connectivity index is 1.32. The molecule has 34 heavy (non-hydrogen) atoms. The first-order chi connectivity index (χ1) is 16.5. The first-order valence-corrected chi connectivity index (χ1v) is 12.4. The minimum Gasteiger partial charge on any atom is -0.450 e. The molecule has 6 rings (SSSR count). The number of halogens is 1. The summed E-state index contributed by atoms with van der Waals surface area (Å²) in [5, 5.41) is 8.39. The van der Waals surface area contributed by atoms with Gasteiger partial charge in [0.2, 0.25) is 0 Å². The zero-order chi connectivity index (χ0) is 23.3. The predicted octanol–water partition coefficient (Wildman–Crippen LogP) is 5.09. The van der Waals surface area contributed by atoms with Crippen LogP contribution in [-0.2, 0) is 5.54 Å². The molecule has 1 spiro atoms. The van der Waals surface area contributed by atoms with Crippen molar-refractivity contribution in [1.82, 2.24) is 15.2 Å². The van der Waals surface area contributed by atoms with Crippen molar-refractivity contribution in [3.63, 3.8) is 0 Å². The molecule has 2 fully saturated rings. The SMILES string of the molecule is C=C1Nc2c(Cl)cc3cc(C(=O)N4CCN(c5ccccn5)CC4)oc3c2C2(CCCCC2)N1. The van der Waals surface area contributed by atoms with Gasteiger partial charge in [0.25, 0.3) is 5.91 Å². The van der Waals surface area contributed by atoms with E-state index in [9.17, 15) is 4.79 Å². The molecule has 0 bridgehead atoms. The summed E-state index contributed by atoms with van der Waals surface area (Å²) in [5.41, 5.74) is 2.34. The summed E-state index contributed by atoms with van der Waals surface area (Å²) in [4.78, 5) is 21.9. The summed E-state index contributed by atoms with van der Waals surface area (Å²) >= 11 is 6.72. The van der Waals surface area contributed by atoms with Gasteiger partial charge < -0.3 is 24.9 Å². The van der Waals surface area contributed by atoms with E-state index in [1.54, 1.807) is 6.20 Å². The number of amides is 1. The van der Waals surface area contributed by atoms with Gasteiger partial charge in [-0.2, -0.15) is 0 Å². The third-order valence-corrected chi connectivity index (χ3v) is 7.66. The fourth-order valence-electron chi connectivity index (χ4n) is 5.73. The maximum absolute atomic E-state index is 13.4. The Morgan fingerprint density at radius 1 is 1.12 bits per heavy atom. The largest absolute Gasteiger partial charge is 0.450 e. The monoisotopic (exact) mass is 477 g/mol. The lowest BCUT2D eigenvalue weighted by molar-refractivity contribution is 0.0716. The summed E-state index contributed by atoms with van der Waals surface area (Å²) in [6.07, 6.45) is 7.23. The third-order valence-electron chi connectivity index (χ3n) is 7.36. The number of benzene rings is 1. The smallest absolute Gasteiger partial charge is 0.289 e. The number of nitrogens with one attached hydrogen (secondary N) is 2. The van der Waals surface area contributed by atoms with Crippen LogP contribution < -0.4 is 15.5 Å². The highest BCUT2D eigenvalue weighted by atomic mass is 35.5. The molecule has 2 aliphatic heterocycles. The minimum absolute atomic E-state index is 0.0828. The van der Waals surface area contributed by atoms with E-state index in [0.717, 1.165) is 72.6 Å². The van der Waals surface area contributed by atoms with Gasteiger partial charge in [0.1, 0.15) is 11.4 Å². The summed E-state index contributed by atoms with van der Waals surface area (Å²) in [7, 11) is 0. The van der Waals surface area contributed by atoms with Crippen LogP contribution in [0.3, 0.4) is 0 Å². The number of rotatable bonds is 2. The van der Waals surface area contributed by atoms with Crippen molar-refractivity contribution in [3.05, 3.63) is 65.3 Å². The van der Waals surface area contributed by atoms with Gasteiger partial charge in [-0.1, -0.05) is 43.5 Å². The number of carbonyl (C=O) groups excluding carboxylic acids is 1. The van der Waals surface area contributed by atoms with E-state index in [4.69, 9.17) is 16.0 Å². The zero-order valence-corrected chi connectivity index (χ0v) is 19.8. The average Bonchev–Trinajstić information content (AvgIpc) is 3.28. The molecule has 0 atom stereocenters. The Hall–Kier alpha value is -3.19. The Bertz CT molecular complexity index is 1260. The van der Waals surface area contributed by atoms with E-state index >= 15 is 0 Å². The molecule has 3 aliphatic rings. The van der Waals surface area contributed by atoms with Gasteiger partial charge in [-0.15, -0.1) is 0 Å². The Labute approximate surface area is 203 Å². The minimum atomic E-state index is -0.272. The summed E-state index contributed by atoms with van der Waals surface area (Å²) < 4.78 is 6.33. The van der Waals surface area contributed by atoms with E-state index in [2.05, 4.69) is 27.1 Å². The van der Waals surface area contributed by atoms with Crippen LogP contribution in [0.25, 0.3) is 11.0 Å². The summed E-state index contributed by atoms with van der Waals surface area (Å²) in [6, 6.07) is 9.62. The molecule has 1 saturated heterocycles. The Morgan fingerprint density at radius 2 is 1.91 bits per heavy atom. The van der Waals surface area contributed by atoms with Crippen LogP contribution in [0.15, 0.2) is 53.3 Å². The molecular formula is C26H28ClN5O2. The number of anilines is 2. The second-order valence-electron chi connectivity index (χ2n) is 9.48. The molecule has 1 saturated carbocycles. The lowest BCUT2D eigenvalue weighted by Gasteiger charge is -2.44. The van der Waals surface area contributed by atoms with Crippen molar-refractivity contribution >= 4 is 40.0 Å². The predicted molar refractivity (Wildman–Crippen MR) is 134 cm³/mol. The molecule has 2 N–H and O–H groups in total. The van der Waals surface area contributed by atoms with Crippen LogP contribution in [0.4, 0.5) is 11.5 Å². The number of carbonyl (C=O) groups is 1. The number of pyridine rings is 1. The maximum atomic E-state index is 13.4. The highest BCUT2D eigenvalue weighted by Gasteiger charge is 2.42. The Kier molecular flexibility index (Phi) is 5.17. The number of aromatic nitrogens is 1. The van der Waals surface area contributed by atoms with Crippen LogP contribution in [0.1, 0.15) is 48.2 Å². The van der Waals surface area contributed by atoms with E-state index in [1.165, 1.54) is 6.42 Å². The molecular weight excluding hydrogens is 450 g/mol. The highest BCUT2D eigenvalue weighted by molar-refractivity contribution is 6.34. The molecule has 1 aromatic carbocycles. The van der Waals surface area contributed by atoms with Crippen molar-refractivity contribution in [2.45, 2.75) is 37.6 Å². The molecule has 1 amide bonds. The van der Waals surface area contributed by atoms with E-state index in [1.807, 2.05) is 35.2 Å². The van der Waals surface area contributed by atoms with Gasteiger partial charge in [-0.05, 0) is 37.1 Å². The van der Waals surface area contributed by atoms with E-state index in [-0.39, 0.29) is 11.4 Å². The van der Waals surface area contributed by atoms with Crippen LogP contribution in [-0.4, -0.2) is 42.0 Å². The molecule has 1 aliphatic carbocycles. The quantitative estimate of drug-likeness (QED) is 0.535. The standard InChI is InChI=1S/C26H28ClN5O2/c1-17-29-23-19(27)15-18-16-20(34-24(18)22(23)26(30-17)8-4-2-5-9-26)25(33)32-13-11-31(12-14-32)21-7-3-6-10-28-21/h3,6-7,10,15-16,29-30H,1-2,4-5,8-9,11-14H2. The number of hydrogen-bond donors (Lipinski definition) is 2. The fraction of sp³-hybridized carbons (Fsp3) is 0.385. The van der Waals surface area contributed by atoms with Crippen LogP contribution in [0, 0.1) is 0 Å². The number of piperazine rings is 1. The van der Waals surface area contributed by atoms with Gasteiger partial charge in [0.05, 0.1) is 22.1 Å². The lowest BCUT2D eigenvalue weighted by Crippen LogP contribution is -2.49. The number of nitrogens with zero attached hydrogens (tertiary/aromatic N) is 3. The number of fused-ring (bicyclic) bond motifs is 4. The second kappa shape index (κ2) is 8.24. The molecule has 2 aromatic heterocycles. The number of hydrogen-bond acceptors (Lipinski definition) is 6. The van der Waals surface area contributed by atoms with Crippen molar-refractivity contribution < 1.29 is 9.21 Å². The molecule has 7 nitrogen and oxygen atoms in total. The molecule has 0 unspecified atom stereocenters. The summed E-state index contributed by atoms with van der Waals surface area (Å²) in [5.74, 6) is 1.98. The Morgan fingerprint density at radius 3 is 2.65 bits per heavy atom. The van der Waals surface area contributed by atoms with Crippen LogP contribution >= 0.6 is 11.6 Å². The second-order valence-corrected chi connectivity index (χ2v) is 9.88. The van der Waals surface area contributed by atoms with E-state index < -0.39 is 0 Å². The van der Waals surface area contributed by atoms with Crippen molar-refractivity contribution in [3.8, 4) is 0 Å². The van der Waals surface area contributed by atoms with Gasteiger partial charge >= 0.3 is 0 Å². The molecule has 8 heteroatoms. The van der Waals surface area contributed by atoms with Gasteiger partial charge in [0.15, 0.2) is 5.76 Å². The van der Waals surface area contributed by atoms with E-state index in [0.29, 0.717) is 23.9 Å². The van der Waals surface area contributed by atoms with Crippen molar-refractivity contribution in [2.24, 2.45) is 0 Å². The lowest BCUT2D eigenvalue weighted by atomic mass is 9.74. The zero-order valence-electron chi connectivity index (χ0n) is 19.1. The van der Waals surface area contributed by atoms with Crippen LogP contribution in [0.2, 0.25) is 5.02 Å². The third kappa shape index (κ3) is 3.50. The fourth-order valence-corrected chi connectivity index (χ4v) is 5.99. The maximum Gasteiger partial charge on any atom is 0.289 e. The van der Waals surface area contributed by atoms with Gasteiger partial charge in [0, 0.05) is 43.3 Å². The van der Waals surface area contributed by atoms with Gasteiger partial charge in [-0.3, -0.25) is 4.79 Å². The molecule has 4 heterocycles. The van der Waals surface area contributed by atoms with Gasteiger partial charge in [-0.25, -0.2) is 4.98 Å². The van der Waals surface area contributed by atoms with Crippen molar-refractivity contribution in [1.29, 1.82) is 0 Å². The average molecular weight is 478 g/mol. The normalized spacial score (nSPS) is 19.6. The first kappa shape index (κ1) is 21.4. The molecule has 0 radical (unpaired) electrons. The first-order valence-electron chi connectivity index (χ1n) is 12.0. The molecule has 3 aromatic rings. The van der Waals surface area contributed by atoms with Crippen LogP contribution in [0.5, 0.6) is 0 Å². The number of furan rings is 1. The highest BCUT2D eigenvalue weighted by Crippen LogP contribution is 2.49. The summed E-state index contributed by atoms with van der Waals surface area (Å²) in [6.45, 7) is 6.85. The topological polar surface area (TPSA) is 73.6 Å². The molecule has 176 valence electrons.